The van der Waals surface area contributed by atoms with Crippen LogP contribution in [-0.2, 0) is 0 Å². The second-order valence-electron chi connectivity index (χ2n) is 5.84. The third-order valence-electron chi connectivity index (χ3n) is 3.33. The lowest BCUT2D eigenvalue weighted by Crippen LogP contribution is -2.38. The van der Waals surface area contributed by atoms with Gasteiger partial charge in [-0.15, -0.1) is 0 Å². The van der Waals surface area contributed by atoms with E-state index in [-0.39, 0.29) is 5.41 Å². The zero-order valence-electron chi connectivity index (χ0n) is 12.1. The smallest absolute Gasteiger partial charge is 0.0409 e. The Bertz CT molecular complexity index is 377. The number of rotatable bonds is 6. The summed E-state index contributed by atoms with van der Waals surface area (Å²) in [4.78, 5) is 2.38. The van der Waals surface area contributed by atoms with Crippen LogP contribution in [0.5, 0.6) is 0 Å². The first-order valence-electron chi connectivity index (χ1n) is 6.46. The predicted octanol–water partition coefficient (Wildman–Crippen LogP) is 3.58. The van der Waals surface area contributed by atoms with Crippen LogP contribution in [0, 0.1) is 5.41 Å². The Morgan fingerprint density at radius 2 is 2.06 bits per heavy atom. The maximum atomic E-state index is 6.05. The summed E-state index contributed by atoms with van der Waals surface area (Å²) in [5.41, 5.74) is 1.53. The minimum absolute atomic E-state index is 0.260. The molecule has 0 radical (unpaired) electrons. The Morgan fingerprint density at radius 3 is 2.61 bits per heavy atom. The molecule has 1 rings (SSSR count). The molecule has 0 aliphatic heterocycles. The average Bonchev–Trinajstić information content (AvgIpc) is 2.27. The first kappa shape index (κ1) is 15.5. The molecule has 0 heterocycles. The largest absolute Gasteiger partial charge is 0.319 e. The Hall–Kier alpha value is -0.570. The predicted molar refractivity (Wildman–Crippen MR) is 80.2 cm³/mol. The Morgan fingerprint density at radius 1 is 1.39 bits per heavy atom. The van der Waals surface area contributed by atoms with Crippen molar-refractivity contribution in [2.24, 2.45) is 5.41 Å². The van der Waals surface area contributed by atoms with Crippen molar-refractivity contribution in [1.82, 2.24) is 10.2 Å². The maximum absolute atomic E-state index is 6.05. The van der Waals surface area contributed by atoms with Crippen LogP contribution >= 0.6 is 11.6 Å². The van der Waals surface area contributed by atoms with Crippen molar-refractivity contribution in [3.8, 4) is 0 Å². The number of benzene rings is 1. The number of nitrogens with one attached hydrogen (secondary N) is 1. The molecule has 1 atom stereocenters. The van der Waals surface area contributed by atoms with Crippen LogP contribution in [0.2, 0.25) is 5.02 Å². The van der Waals surface area contributed by atoms with Crippen LogP contribution in [0.3, 0.4) is 0 Å². The molecule has 0 aliphatic rings. The SMILES string of the molecule is CNCC(C)(C)CN(C)C(C)c1cccc(Cl)c1. The van der Waals surface area contributed by atoms with E-state index < -0.39 is 0 Å². The first-order valence-corrected chi connectivity index (χ1v) is 6.84. The van der Waals surface area contributed by atoms with Crippen LogP contribution < -0.4 is 5.32 Å². The molecule has 0 saturated heterocycles. The monoisotopic (exact) mass is 268 g/mol. The fourth-order valence-corrected chi connectivity index (χ4v) is 2.57. The molecule has 0 bridgehead atoms. The quantitative estimate of drug-likeness (QED) is 0.848. The van der Waals surface area contributed by atoms with Crippen molar-refractivity contribution in [2.75, 3.05) is 27.2 Å². The van der Waals surface area contributed by atoms with Crippen molar-refractivity contribution in [2.45, 2.75) is 26.8 Å². The van der Waals surface area contributed by atoms with Gasteiger partial charge in [0.05, 0.1) is 0 Å². The summed E-state index contributed by atoms with van der Waals surface area (Å²) in [7, 11) is 4.17. The van der Waals surface area contributed by atoms with Gasteiger partial charge in [-0.05, 0) is 44.1 Å². The Balaban J connectivity index is 2.69. The summed E-state index contributed by atoms with van der Waals surface area (Å²) in [5, 5.41) is 4.06. The van der Waals surface area contributed by atoms with Crippen molar-refractivity contribution in [3.05, 3.63) is 34.9 Å². The Kier molecular flexibility index (Phi) is 5.64. The molecule has 0 saturated carbocycles. The highest BCUT2D eigenvalue weighted by Crippen LogP contribution is 2.25. The van der Waals surface area contributed by atoms with Crippen LogP contribution in [0.4, 0.5) is 0 Å². The fourth-order valence-electron chi connectivity index (χ4n) is 2.37. The van der Waals surface area contributed by atoms with E-state index in [4.69, 9.17) is 11.6 Å². The summed E-state index contributed by atoms with van der Waals surface area (Å²) in [6.45, 7) is 8.84. The van der Waals surface area contributed by atoms with Crippen molar-refractivity contribution < 1.29 is 0 Å². The third kappa shape index (κ3) is 4.60. The van der Waals surface area contributed by atoms with E-state index in [1.807, 2.05) is 25.2 Å². The molecule has 2 nitrogen and oxygen atoms in total. The van der Waals surface area contributed by atoms with Crippen LogP contribution in [0.15, 0.2) is 24.3 Å². The summed E-state index contributed by atoms with van der Waals surface area (Å²) >= 11 is 6.05. The van der Waals surface area contributed by atoms with Gasteiger partial charge < -0.3 is 5.32 Å². The molecule has 0 fully saturated rings. The van der Waals surface area contributed by atoms with E-state index >= 15 is 0 Å². The molecular formula is C15H25ClN2. The standard InChI is InChI=1S/C15H25ClN2/c1-12(13-7-6-8-14(16)9-13)18(5)11-15(2,3)10-17-4/h6-9,12,17H,10-11H2,1-5H3. The third-order valence-corrected chi connectivity index (χ3v) is 3.56. The normalized spacial score (nSPS) is 13.9. The second-order valence-corrected chi connectivity index (χ2v) is 6.28. The molecule has 3 heteroatoms. The van der Waals surface area contributed by atoms with E-state index in [1.54, 1.807) is 0 Å². The van der Waals surface area contributed by atoms with Gasteiger partial charge in [-0.1, -0.05) is 37.6 Å². The number of halogens is 1. The highest BCUT2D eigenvalue weighted by molar-refractivity contribution is 6.30. The van der Waals surface area contributed by atoms with Crippen molar-refractivity contribution in [1.29, 1.82) is 0 Å². The summed E-state index contributed by atoms with van der Waals surface area (Å²) in [5.74, 6) is 0. The molecule has 0 amide bonds. The number of hydrogen-bond acceptors (Lipinski definition) is 2. The lowest BCUT2D eigenvalue weighted by atomic mass is 9.92. The van der Waals surface area contributed by atoms with Gasteiger partial charge in [0.1, 0.15) is 0 Å². The van der Waals surface area contributed by atoms with E-state index in [0.29, 0.717) is 6.04 Å². The number of hydrogen-bond donors (Lipinski definition) is 1. The molecule has 18 heavy (non-hydrogen) atoms. The number of nitrogens with zero attached hydrogens (tertiary/aromatic N) is 1. The molecule has 1 aromatic rings. The molecule has 1 aromatic carbocycles. The molecule has 0 spiro atoms. The highest BCUT2D eigenvalue weighted by Gasteiger charge is 2.22. The van der Waals surface area contributed by atoms with Gasteiger partial charge in [-0.3, -0.25) is 4.90 Å². The minimum Gasteiger partial charge on any atom is -0.319 e. The summed E-state index contributed by atoms with van der Waals surface area (Å²) in [6.07, 6.45) is 0. The lowest BCUT2D eigenvalue weighted by molar-refractivity contribution is 0.168. The first-order chi connectivity index (χ1) is 8.35. The lowest BCUT2D eigenvalue weighted by Gasteiger charge is -2.34. The molecule has 102 valence electrons. The molecule has 0 aliphatic carbocycles. The second kappa shape index (κ2) is 6.55. The van der Waals surface area contributed by atoms with E-state index in [2.05, 4.69) is 44.1 Å². The van der Waals surface area contributed by atoms with Gasteiger partial charge >= 0.3 is 0 Å². The molecule has 0 aromatic heterocycles. The van der Waals surface area contributed by atoms with Crippen molar-refractivity contribution >= 4 is 11.6 Å². The Labute approximate surface area is 116 Å². The van der Waals surface area contributed by atoms with Crippen LogP contribution in [0.25, 0.3) is 0 Å². The topological polar surface area (TPSA) is 15.3 Å². The van der Waals surface area contributed by atoms with Crippen LogP contribution in [0.1, 0.15) is 32.4 Å². The summed E-state index contributed by atoms with van der Waals surface area (Å²) in [6, 6.07) is 8.50. The fraction of sp³-hybridized carbons (Fsp3) is 0.600. The van der Waals surface area contributed by atoms with Gasteiger partial charge in [0.2, 0.25) is 0 Å². The van der Waals surface area contributed by atoms with E-state index in [0.717, 1.165) is 18.1 Å². The van der Waals surface area contributed by atoms with E-state index in [9.17, 15) is 0 Å². The van der Waals surface area contributed by atoms with Crippen LogP contribution in [-0.4, -0.2) is 32.1 Å². The van der Waals surface area contributed by atoms with E-state index in [1.165, 1.54) is 5.56 Å². The van der Waals surface area contributed by atoms with Gasteiger partial charge in [-0.2, -0.15) is 0 Å². The van der Waals surface area contributed by atoms with Gasteiger partial charge in [0.25, 0.3) is 0 Å². The van der Waals surface area contributed by atoms with Gasteiger partial charge in [0, 0.05) is 24.2 Å². The summed E-state index contributed by atoms with van der Waals surface area (Å²) < 4.78 is 0. The minimum atomic E-state index is 0.260. The maximum Gasteiger partial charge on any atom is 0.0409 e. The molecule has 1 N–H and O–H groups in total. The zero-order chi connectivity index (χ0) is 13.8. The van der Waals surface area contributed by atoms with Gasteiger partial charge in [0.15, 0.2) is 0 Å². The zero-order valence-corrected chi connectivity index (χ0v) is 12.9. The average molecular weight is 269 g/mol. The van der Waals surface area contributed by atoms with Gasteiger partial charge in [-0.25, -0.2) is 0 Å². The van der Waals surface area contributed by atoms with Crippen molar-refractivity contribution in [3.63, 3.8) is 0 Å². The molecular weight excluding hydrogens is 244 g/mol. The molecule has 1 unspecified atom stereocenters. The highest BCUT2D eigenvalue weighted by atomic mass is 35.5.